The minimum absolute atomic E-state index is 0.0343. The summed E-state index contributed by atoms with van der Waals surface area (Å²) in [5.41, 5.74) is 0.243. The molecule has 0 aliphatic carbocycles. The van der Waals surface area contributed by atoms with Gasteiger partial charge in [-0.2, -0.15) is 5.26 Å². The van der Waals surface area contributed by atoms with Crippen molar-refractivity contribution in [2.24, 2.45) is 10.2 Å². The number of carbonyl (C=O) groups excluding carboxylic acids is 1. The molecule has 0 amide bonds. The van der Waals surface area contributed by atoms with Gasteiger partial charge in [-0.25, -0.2) is 0 Å². The van der Waals surface area contributed by atoms with Crippen LogP contribution in [0.25, 0.3) is 0 Å². The van der Waals surface area contributed by atoms with Crippen molar-refractivity contribution in [3.63, 3.8) is 0 Å². The predicted molar refractivity (Wildman–Crippen MR) is 96.9 cm³/mol. The Balaban J connectivity index is 2.12. The van der Waals surface area contributed by atoms with Gasteiger partial charge in [0.15, 0.2) is 11.5 Å². The van der Waals surface area contributed by atoms with Crippen LogP contribution in [-0.2, 0) is 4.74 Å². The number of rotatable bonds is 5. The molecule has 0 bridgehead atoms. The number of Topliss-reactive ketones (excluding diaryl/α,β-unsaturated/α-hetero) is 1. The number of ketones is 1. The summed E-state index contributed by atoms with van der Waals surface area (Å²) in [5.74, 6) is -0.584. The average Bonchev–Trinajstić information content (AvgIpc) is 3.46. The van der Waals surface area contributed by atoms with E-state index in [-0.39, 0.29) is 28.6 Å². The molecule has 2 aromatic rings. The quantitative estimate of drug-likeness (QED) is 0.494. The first kappa shape index (κ1) is 18.5. The number of carbonyl (C=O) groups is 1. The van der Waals surface area contributed by atoms with Crippen LogP contribution in [0.2, 0.25) is 0 Å². The number of nitriles is 1. The highest BCUT2D eigenvalue weighted by molar-refractivity contribution is 6.04. The molecule has 1 aromatic carbocycles. The Labute approximate surface area is 155 Å². The molecule has 27 heavy (non-hydrogen) atoms. The zero-order valence-corrected chi connectivity index (χ0v) is 15.1. The molecule has 138 valence electrons. The molecule has 1 fully saturated rings. The molecule has 0 saturated carbocycles. The van der Waals surface area contributed by atoms with E-state index in [1.165, 1.54) is 6.92 Å². The zero-order chi connectivity index (χ0) is 19.7. The third kappa shape index (κ3) is 3.37. The van der Waals surface area contributed by atoms with Gasteiger partial charge < -0.3 is 9.84 Å². The molecule has 1 aliphatic rings. The van der Waals surface area contributed by atoms with Crippen molar-refractivity contribution < 1.29 is 14.6 Å². The lowest BCUT2D eigenvalue weighted by Crippen LogP contribution is -2.23. The summed E-state index contributed by atoms with van der Waals surface area (Å²) >= 11 is 0. The number of aromatic hydroxyl groups is 1. The van der Waals surface area contributed by atoms with E-state index in [0.29, 0.717) is 17.9 Å². The molecule has 1 saturated heterocycles. The summed E-state index contributed by atoms with van der Waals surface area (Å²) in [7, 11) is 0. The molecule has 8 heteroatoms. The van der Waals surface area contributed by atoms with Gasteiger partial charge in [0.05, 0.1) is 12.3 Å². The van der Waals surface area contributed by atoms with Gasteiger partial charge in [-0.1, -0.05) is 12.1 Å². The molecule has 1 unspecified atom stereocenters. The Bertz CT molecular complexity index is 1040. The number of pyridine rings is 1. The van der Waals surface area contributed by atoms with Crippen LogP contribution in [0.1, 0.15) is 41.4 Å². The van der Waals surface area contributed by atoms with Gasteiger partial charge in [0.25, 0.3) is 5.56 Å². The maximum atomic E-state index is 12.7. The van der Waals surface area contributed by atoms with Crippen molar-refractivity contribution in [1.29, 1.82) is 5.26 Å². The molecule has 1 aromatic heterocycles. The third-order valence-corrected chi connectivity index (χ3v) is 4.28. The van der Waals surface area contributed by atoms with E-state index >= 15 is 0 Å². The van der Waals surface area contributed by atoms with E-state index in [0.717, 1.165) is 4.57 Å². The third-order valence-electron chi connectivity index (χ3n) is 4.28. The van der Waals surface area contributed by atoms with Crippen LogP contribution in [0.3, 0.4) is 0 Å². The second-order valence-corrected chi connectivity index (χ2v) is 6.46. The van der Waals surface area contributed by atoms with E-state index in [1.54, 1.807) is 38.1 Å². The summed E-state index contributed by atoms with van der Waals surface area (Å²) in [6, 6.07) is 8.17. The molecule has 8 nitrogen and oxygen atoms in total. The summed E-state index contributed by atoms with van der Waals surface area (Å²) < 4.78 is 6.12. The number of ether oxygens (including phenoxy) is 1. The van der Waals surface area contributed by atoms with Gasteiger partial charge in [0, 0.05) is 17.2 Å². The Morgan fingerprint density at radius 1 is 1.37 bits per heavy atom. The standard InChI is InChI=1S/C19H18N4O4/c1-10(2)23-18(25)13(8-20)11(3)16(19(23)26)22-21-14-7-5-4-6-12(14)17(24)15-9-27-15/h4-7,10,15,25H,9H2,1-3H3. The molecular formula is C19H18N4O4. The largest absolute Gasteiger partial charge is 0.493 e. The molecule has 3 rings (SSSR count). The number of azo groups is 1. The molecule has 1 atom stereocenters. The highest BCUT2D eigenvalue weighted by Crippen LogP contribution is 2.30. The Hall–Kier alpha value is -3.31. The summed E-state index contributed by atoms with van der Waals surface area (Å²) in [6.45, 7) is 5.32. The van der Waals surface area contributed by atoms with Crippen LogP contribution in [0.5, 0.6) is 5.88 Å². The Kier molecular flexibility index (Phi) is 4.88. The number of hydrogen-bond donors (Lipinski definition) is 1. The highest BCUT2D eigenvalue weighted by Gasteiger charge is 2.33. The first-order valence-corrected chi connectivity index (χ1v) is 8.41. The maximum absolute atomic E-state index is 12.7. The lowest BCUT2D eigenvalue weighted by molar-refractivity contribution is 0.0954. The number of epoxide rings is 1. The topological polar surface area (TPSA) is 120 Å². The van der Waals surface area contributed by atoms with Crippen molar-refractivity contribution in [3.05, 3.63) is 51.3 Å². The lowest BCUT2D eigenvalue weighted by Gasteiger charge is -2.15. The number of hydrogen-bond acceptors (Lipinski definition) is 7. The molecule has 1 N–H and O–H groups in total. The summed E-state index contributed by atoms with van der Waals surface area (Å²) in [5, 5.41) is 27.7. The van der Waals surface area contributed by atoms with Gasteiger partial charge in [-0.15, -0.1) is 10.2 Å². The SMILES string of the molecule is Cc1c(C#N)c(O)n(C(C)C)c(=O)c1N=Nc1ccccc1C(=O)C1CO1. The maximum Gasteiger partial charge on any atom is 0.281 e. The monoisotopic (exact) mass is 366 g/mol. The second-order valence-electron chi connectivity index (χ2n) is 6.46. The van der Waals surface area contributed by atoms with Gasteiger partial charge in [0.1, 0.15) is 17.7 Å². The van der Waals surface area contributed by atoms with Crippen LogP contribution in [0.4, 0.5) is 11.4 Å². The minimum Gasteiger partial charge on any atom is -0.493 e. The Morgan fingerprint density at radius 2 is 2.04 bits per heavy atom. The van der Waals surface area contributed by atoms with Crippen LogP contribution in [0.15, 0.2) is 39.3 Å². The van der Waals surface area contributed by atoms with E-state index in [9.17, 15) is 20.0 Å². The van der Waals surface area contributed by atoms with Crippen molar-refractivity contribution in [3.8, 4) is 11.9 Å². The van der Waals surface area contributed by atoms with E-state index in [1.807, 2.05) is 6.07 Å². The van der Waals surface area contributed by atoms with Crippen molar-refractivity contribution in [1.82, 2.24) is 4.57 Å². The fraction of sp³-hybridized carbons (Fsp3) is 0.316. The van der Waals surface area contributed by atoms with Crippen LogP contribution in [-0.4, -0.2) is 28.2 Å². The molecule has 2 heterocycles. The van der Waals surface area contributed by atoms with Crippen molar-refractivity contribution in [2.75, 3.05) is 6.61 Å². The molecular weight excluding hydrogens is 348 g/mol. The molecule has 1 aliphatic heterocycles. The minimum atomic E-state index is -0.558. The Morgan fingerprint density at radius 3 is 2.63 bits per heavy atom. The van der Waals surface area contributed by atoms with Crippen molar-refractivity contribution in [2.45, 2.75) is 32.9 Å². The molecule has 0 radical (unpaired) electrons. The van der Waals surface area contributed by atoms with Crippen LogP contribution in [0, 0.1) is 18.3 Å². The normalized spacial score (nSPS) is 15.9. The first-order valence-electron chi connectivity index (χ1n) is 8.41. The molecule has 0 spiro atoms. The number of aromatic nitrogens is 1. The van der Waals surface area contributed by atoms with Crippen LogP contribution >= 0.6 is 0 Å². The fourth-order valence-electron chi connectivity index (χ4n) is 2.75. The fourth-order valence-corrected chi connectivity index (χ4v) is 2.75. The number of benzene rings is 1. The highest BCUT2D eigenvalue weighted by atomic mass is 16.6. The van der Waals surface area contributed by atoms with E-state index in [4.69, 9.17) is 4.74 Å². The second kappa shape index (κ2) is 7.13. The lowest BCUT2D eigenvalue weighted by atomic mass is 10.1. The summed E-state index contributed by atoms with van der Waals surface area (Å²) in [4.78, 5) is 25.0. The smallest absolute Gasteiger partial charge is 0.281 e. The van der Waals surface area contributed by atoms with Gasteiger partial charge in [-0.05, 0) is 32.9 Å². The first-order chi connectivity index (χ1) is 12.9. The van der Waals surface area contributed by atoms with Gasteiger partial charge in [-0.3, -0.25) is 14.2 Å². The van der Waals surface area contributed by atoms with E-state index in [2.05, 4.69) is 10.2 Å². The summed E-state index contributed by atoms with van der Waals surface area (Å²) in [6.07, 6.45) is -0.458. The van der Waals surface area contributed by atoms with Gasteiger partial charge in [0.2, 0.25) is 5.88 Å². The average molecular weight is 366 g/mol. The number of nitrogens with zero attached hydrogens (tertiary/aromatic N) is 4. The van der Waals surface area contributed by atoms with Gasteiger partial charge >= 0.3 is 0 Å². The van der Waals surface area contributed by atoms with Crippen LogP contribution < -0.4 is 5.56 Å². The van der Waals surface area contributed by atoms with Crippen molar-refractivity contribution >= 4 is 17.2 Å². The predicted octanol–water partition coefficient (Wildman–Crippen LogP) is 3.31. The van der Waals surface area contributed by atoms with E-state index < -0.39 is 17.5 Å². The zero-order valence-electron chi connectivity index (χ0n) is 15.1.